The van der Waals surface area contributed by atoms with Crippen molar-refractivity contribution in [2.24, 2.45) is 0 Å². The molecule has 3 aromatic rings. The number of aromatic nitrogens is 2. The average Bonchev–Trinajstić information content (AvgIpc) is 2.62. The van der Waals surface area contributed by atoms with Crippen molar-refractivity contribution in [3.05, 3.63) is 59.4 Å². The van der Waals surface area contributed by atoms with Crippen molar-refractivity contribution in [3.63, 3.8) is 0 Å². The molecule has 0 fully saturated rings. The van der Waals surface area contributed by atoms with Gasteiger partial charge in [0, 0.05) is 0 Å². The standard InChI is InChI=1S/C21H24N2O2/c1-15-12-16(2)17(3)20(13-15)24-10-6-7-11-25-21-18-8-4-5-9-19(18)22-14-23-21/h4-5,8-9,12-14H,6-7,10-11H2,1-3H3. The predicted octanol–water partition coefficient (Wildman–Crippen LogP) is 4.79. The van der Waals surface area contributed by atoms with Crippen molar-refractivity contribution in [1.29, 1.82) is 0 Å². The fraction of sp³-hybridized carbons (Fsp3) is 0.333. The molecule has 0 atom stereocenters. The molecule has 25 heavy (non-hydrogen) atoms. The molecule has 0 saturated heterocycles. The molecule has 0 aliphatic carbocycles. The first-order chi connectivity index (χ1) is 12.1. The number of para-hydroxylation sites is 1. The van der Waals surface area contributed by atoms with Gasteiger partial charge in [0.2, 0.25) is 5.88 Å². The van der Waals surface area contributed by atoms with E-state index in [0.29, 0.717) is 19.1 Å². The summed E-state index contributed by atoms with van der Waals surface area (Å²) in [5.74, 6) is 1.64. The Morgan fingerprint density at radius 3 is 2.48 bits per heavy atom. The molecule has 2 aromatic carbocycles. The van der Waals surface area contributed by atoms with Crippen LogP contribution in [0.15, 0.2) is 42.7 Å². The van der Waals surface area contributed by atoms with Crippen LogP contribution in [0.2, 0.25) is 0 Å². The molecule has 1 aromatic heterocycles. The Kier molecular flexibility index (Phi) is 5.49. The van der Waals surface area contributed by atoms with E-state index in [1.807, 2.05) is 24.3 Å². The van der Waals surface area contributed by atoms with E-state index in [1.165, 1.54) is 16.7 Å². The van der Waals surface area contributed by atoms with E-state index >= 15 is 0 Å². The topological polar surface area (TPSA) is 44.2 Å². The van der Waals surface area contributed by atoms with E-state index in [4.69, 9.17) is 9.47 Å². The zero-order valence-electron chi connectivity index (χ0n) is 15.1. The molecule has 4 nitrogen and oxygen atoms in total. The Bertz CT molecular complexity index is 856. The predicted molar refractivity (Wildman–Crippen MR) is 100 cm³/mol. The van der Waals surface area contributed by atoms with Crippen LogP contribution in [0.3, 0.4) is 0 Å². The van der Waals surface area contributed by atoms with E-state index in [2.05, 4.69) is 42.9 Å². The third kappa shape index (κ3) is 4.27. The van der Waals surface area contributed by atoms with Gasteiger partial charge in [-0.25, -0.2) is 9.97 Å². The van der Waals surface area contributed by atoms with Crippen molar-refractivity contribution in [1.82, 2.24) is 9.97 Å². The van der Waals surface area contributed by atoms with Gasteiger partial charge in [0.1, 0.15) is 12.1 Å². The highest BCUT2D eigenvalue weighted by Gasteiger charge is 2.05. The van der Waals surface area contributed by atoms with Crippen LogP contribution >= 0.6 is 0 Å². The number of ether oxygens (including phenoxy) is 2. The molecule has 0 bridgehead atoms. The SMILES string of the molecule is Cc1cc(C)c(C)c(OCCCCOc2ncnc3ccccc23)c1. The summed E-state index contributed by atoms with van der Waals surface area (Å²) in [5.41, 5.74) is 4.63. The molecule has 3 rings (SSSR count). The van der Waals surface area contributed by atoms with Gasteiger partial charge < -0.3 is 9.47 Å². The summed E-state index contributed by atoms with van der Waals surface area (Å²) in [7, 11) is 0. The van der Waals surface area contributed by atoms with Gasteiger partial charge in [0.05, 0.1) is 24.1 Å². The molecule has 0 aliphatic rings. The monoisotopic (exact) mass is 336 g/mol. The minimum absolute atomic E-state index is 0.621. The quantitative estimate of drug-likeness (QED) is 0.582. The normalized spacial score (nSPS) is 10.8. The molecule has 0 aliphatic heterocycles. The van der Waals surface area contributed by atoms with E-state index in [-0.39, 0.29) is 0 Å². The number of rotatable bonds is 7. The van der Waals surface area contributed by atoms with E-state index < -0.39 is 0 Å². The zero-order chi connectivity index (χ0) is 17.6. The minimum atomic E-state index is 0.621. The molecule has 4 heteroatoms. The molecule has 0 saturated carbocycles. The maximum absolute atomic E-state index is 5.94. The number of benzene rings is 2. The summed E-state index contributed by atoms with van der Waals surface area (Å²) >= 11 is 0. The Labute approximate surface area is 148 Å². The molecular weight excluding hydrogens is 312 g/mol. The van der Waals surface area contributed by atoms with Crippen LogP contribution in [-0.4, -0.2) is 23.2 Å². The fourth-order valence-electron chi connectivity index (χ4n) is 2.80. The molecule has 0 amide bonds. The third-order valence-corrected chi connectivity index (χ3v) is 4.31. The summed E-state index contributed by atoms with van der Waals surface area (Å²) in [6.07, 6.45) is 3.40. The average molecular weight is 336 g/mol. The van der Waals surface area contributed by atoms with Crippen molar-refractivity contribution < 1.29 is 9.47 Å². The van der Waals surface area contributed by atoms with Crippen LogP contribution in [0.5, 0.6) is 11.6 Å². The lowest BCUT2D eigenvalue weighted by atomic mass is 10.1. The van der Waals surface area contributed by atoms with Crippen LogP contribution in [0.4, 0.5) is 0 Å². The lowest BCUT2D eigenvalue weighted by Crippen LogP contribution is -2.05. The first-order valence-corrected chi connectivity index (χ1v) is 8.68. The van der Waals surface area contributed by atoms with Gasteiger partial charge in [-0.2, -0.15) is 0 Å². The fourth-order valence-corrected chi connectivity index (χ4v) is 2.80. The summed E-state index contributed by atoms with van der Waals surface area (Å²) in [6, 6.07) is 12.2. The van der Waals surface area contributed by atoms with Gasteiger partial charge in [0.25, 0.3) is 0 Å². The van der Waals surface area contributed by atoms with Gasteiger partial charge in [-0.1, -0.05) is 18.2 Å². The second-order valence-electron chi connectivity index (χ2n) is 6.30. The Morgan fingerprint density at radius 2 is 1.64 bits per heavy atom. The van der Waals surface area contributed by atoms with Crippen LogP contribution < -0.4 is 9.47 Å². The molecular formula is C21H24N2O2. The summed E-state index contributed by atoms with van der Waals surface area (Å²) in [6.45, 7) is 7.63. The minimum Gasteiger partial charge on any atom is -0.493 e. The van der Waals surface area contributed by atoms with Crippen LogP contribution in [0.1, 0.15) is 29.5 Å². The first kappa shape index (κ1) is 17.2. The van der Waals surface area contributed by atoms with Crippen molar-refractivity contribution >= 4 is 10.9 Å². The molecule has 0 unspecified atom stereocenters. The number of nitrogens with zero attached hydrogens (tertiary/aromatic N) is 2. The van der Waals surface area contributed by atoms with Crippen molar-refractivity contribution in [2.75, 3.05) is 13.2 Å². The van der Waals surface area contributed by atoms with Gasteiger partial charge in [-0.3, -0.25) is 0 Å². The second-order valence-corrected chi connectivity index (χ2v) is 6.30. The van der Waals surface area contributed by atoms with E-state index in [0.717, 1.165) is 29.5 Å². The maximum atomic E-state index is 5.94. The van der Waals surface area contributed by atoms with E-state index in [1.54, 1.807) is 6.33 Å². The Hall–Kier alpha value is -2.62. The van der Waals surface area contributed by atoms with Crippen LogP contribution in [0.25, 0.3) is 10.9 Å². The van der Waals surface area contributed by atoms with E-state index in [9.17, 15) is 0 Å². The van der Waals surface area contributed by atoms with Crippen LogP contribution in [0, 0.1) is 20.8 Å². The maximum Gasteiger partial charge on any atom is 0.224 e. The van der Waals surface area contributed by atoms with Gasteiger partial charge in [0.15, 0.2) is 0 Å². The molecule has 0 radical (unpaired) electrons. The number of hydrogen-bond acceptors (Lipinski definition) is 4. The van der Waals surface area contributed by atoms with Crippen molar-refractivity contribution in [3.8, 4) is 11.6 Å². The van der Waals surface area contributed by atoms with Gasteiger partial charge in [-0.15, -0.1) is 0 Å². The highest BCUT2D eigenvalue weighted by Crippen LogP contribution is 2.24. The second kappa shape index (κ2) is 7.97. The number of fused-ring (bicyclic) bond motifs is 1. The number of hydrogen-bond donors (Lipinski definition) is 0. The van der Waals surface area contributed by atoms with Crippen LogP contribution in [-0.2, 0) is 0 Å². The summed E-state index contributed by atoms with van der Waals surface area (Å²) in [4.78, 5) is 8.48. The molecule has 0 N–H and O–H groups in total. The molecule has 1 heterocycles. The zero-order valence-corrected chi connectivity index (χ0v) is 15.1. The third-order valence-electron chi connectivity index (χ3n) is 4.31. The van der Waals surface area contributed by atoms with Gasteiger partial charge in [-0.05, 0) is 68.5 Å². The Balaban J connectivity index is 1.46. The summed E-state index contributed by atoms with van der Waals surface area (Å²) in [5, 5.41) is 0.951. The first-order valence-electron chi connectivity index (χ1n) is 8.68. The smallest absolute Gasteiger partial charge is 0.224 e. The Morgan fingerprint density at radius 1 is 0.880 bits per heavy atom. The lowest BCUT2D eigenvalue weighted by molar-refractivity contribution is 0.262. The highest BCUT2D eigenvalue weighted by molar-refractivity contribution is 5.82. The summed E-state index contributed by atoms with van der Waals surface area (Å²) < 4.78 is 11.8. The number of unbranched alkanes of at least 4 members (excludes halogenated alkanes) is 1. The molecule has 130 valence electrons. The molecule has 0 spiro atoms. The number of aryl methyl sites for hydroxylation is 2. The lowest BCUT2D eigenvalue weighted by Gasteiger charge is -2.12. The van der Waals surface area contributed by atoms with Crippen molar-refractivity contribution in [2.45, 2.75) is 33.6 Å². The largest absolute Gasteiger partial charge is 0.493 e. The highest BCUT2D eigenvalue weighted by atomic mass is 16.5. The van der Waals surface area contributed by atoms with Gasteiger partial charge >= 0.3 is 0 Å².